The van der Waals surface area contributed by atoms with Gasteiger partial charge in [0, 0.05) is 18.3 Å². The van der Waals surface area contributed by atoms with Gasteiger partial charge in [-0.05, 0) is 17.9 Å². The van der Waals surface area contributed by atoms with Crippen LogP contribution in [0.25, 0.3) is 0 Å². The Labute approximate surface area is 103 Å². The van der Waals surface area contributed by atoms with Gasteiger partial charge in [0.25, 0.3) is 0 Å². The molecule has 0 aliphatic carbocycles. The summed E-state index contributed by atoms with van der Waals surface area (Å²) in [7, 11) is 1.82. The third-order valence-electron chi connectivity index (χ3n) is 1.88. The summed E-state index contributed by atoms with van der Waals surface area (Å²) in [5.41, 5.74) is -3.16. The maximum Gasteiger partial charge on any atom is 0.453 e. The van der Waals surface area contributed by atoms with Gasteiger partial charge in [0.1, 0.15) is 0 Å². The molecule has 0 heterocycles. The van der Waals surface area contributed by atoms with E-state index in [2.05, 4.69) is 5.92 Å². The Morgan fingerprint density at radius 3 is 2.47 bits per heavy atom. The van der Waals surface area contributed by atoms with Gasteiger partial charge in [0.15, 0.2) is 0 Å². The highest BCUT2D eigenvalue weighted by atomic mass is 32.2. The van der Waals surface area contributed by atoms with Crippen molar-refractivity contribution in [3.63, 3.8) is 0 Å². The van der Waals surface area contributed by atoms with Gasteiger partial charge < -0.3 is 0 Å². The summed E-state index contributed by atoms with van der Waals surface area (Å²) in [5.74, 6) is 2.48. The van der Waals surface area contributed by atoms with Crippen LogP contribution in [0.4, 0.5) is 13.2 Å². The second kappa shape index (κ2) is 6.58. The van der Waals surface area contributed by atoms with E-state index in [1.54, 1.807) is 0 Å². The van der Waals surface area contributed by atoms with Gasteiger partial charge in [0.2, 0.25) is 0 Å². The smallest absolute Gasteiger partial charge is 0.291 e. The quantitative estimate of drug-likeness (QED) is 0.766. The molecule has 0 saturated heterocycles. The number of thioether (sulfide) groups is 1. The van der Waals surface area contributed by atoms with E-state index >= 15 is 0 Å². The molecule has 0 N–H and O–H groups in total. The molecule has 0 aliphatic heterocycles. The highest BCUT2D eigenvalue weighted by Gasteiger charge is 2.27. The van der Waals surface area contributed by atoms with Crippen LogP contribution >= 0.6 is 11.8 Å². The number of hydrogen-bond donors (Lipinski definition) is 0. The lowest BCUT2D eigenvalue weighted by Crippen LogP contribution is -2.17. The van der Waals surface area contributed by atoms with Crippen LogP contribution in [-0.4, -0.2) is 24.0 Å². The van der Waals surface area contributed by atoms with Crippen LogP contribution in [0.5, 0.6) is 0 Å². The predicted octanol–water partition coefficient (Wildman–Crippen LogP) is 3.33. The summed E-state index contributed by atoms with van der Waals surface area (Å²) in [5, 5.41) is 2.04. The van der Waals surface area contributed by atoms with Crippen molar-refractivity contribution in [2.75, 3.05) is 13.6 Å². The SMILES string of the molecule is CN(CC#CSC(F)(F)F)Cc1ccccc1. The first-order valence-electron chi connectivity index (χ1n) is 4.92. The molecule has 0 aliphatic rings. The van der Waals surface area contributed by atoms with Crippen molar-refractivity contribution in [1.29, 1.82) is 0 Å². The zero-order valence-electron chi connectivity index (χ0n) is 9.29. The van der Waals surface area contributed by atoms with Crippen LogP contribution < -0.4 is 0 Å². The van der Waals surface area contributed by atoms with Gasteiger partial charge in [-0.2, -0.15) is 13.2 Å². The largest absolute Gasteiger partial charge is 0.453 e. The van der Waals surface area contributed by atoms with Crippen LogP contribution in [0.2, 0.25) is 0 Å². The fourth-order valence-corrected chi connectivity index (χ4v) is 1.46. The fourth-order valence-electron chi connectivity index (χ4n) is 1.21. The van der Waals surface area contributed by atoms with E-state index in [-0.39, 0.29) is 11.8 Å². The monoisotopic (exact) mass is 259 g/mol. The van der Waals surface area contributed by atoms with Crippen molar-refractivity contribution < 1.29 is 13.2 Å². The number of nitrogens with zero attached hydrogens (tertiary/aromatic N) is 1. The predicted molar refractivity (Wildman–Crippen MR) is 64.2 cm³/mol. The first-order chi connectivity index (χ1) is 7.97. The summed E-state index contributed by atoms with van der Waals surface area (Å²) in [6.45, 7) is 0.990. The van der Waals surface area contributed by atoms with Crippen molar-refractivity contribution in [3.8, 4) is 11.2 Å². The van der Waals surface area contributed by atoms with E-state index < -0.39 is 5.51 Å². The van der Waals surface area contributed by atoms with E-state index in [4.69, 9.17) is 0 Å². The summed E-state index contributed by atoms with van der Waals surface area (Å²) < 4.78 is 35.3. The third-order valence-corrected chi connectivity index (χ3v) is 2.36. The minimum absolute atomic E-state index is 0.306. The molecular formula is C12H12F3NS. The highest BCUT2D eigenvalue weighted by Crippen LogP contribution is 2.28. The Balaban J connectivity index is 2.33. The minimum atomic E-state index is -4.27. The summed E-state index contributed by atoms with van der Waals surface area (Å²) in [6, 6.07) is 9.70. The summed E-state index contributed by atoms with van der Waals surface area (Å²) in [6.07, 6.45) is 0. The zero-order valence-corrected chi connectivity index (χ0v) is 10.1. The molecule has 0 bridgehead atoms. The van der Waals surface area contributed by atoms with E-state index in [1.165, 1.54) is 0 Å². The lowest BCUT2D eigenvalue weighted by atomic mass is 10.2. The molecule has 1 aromatic rings. The molecule has 5 heteroatoms. The van der Waals surface area contributed by atoms with Crippen molar-refractivity contribution in [2.45, 2.75) is 12.1 Å². The molecule has 92 valence electrons. The van der Waals surface area contributed by atoms with E-state index in [0.717, 1.165) is 5.56 Å². The normalized spacial score (nSPS) is 11.1. The highest BCUT2D eigenvalue weighted by molar-refractivity contribution is 8.04. The lowest BCUT2D eigenvalue weighted by molar-refractivity contribution is -0.0318. The number of halogens is 3. The maximum absolute atomic E-state index is 11.8. The second-order valence-corrected chi connectivity index (χ2v) is 4.36. The fraction of sp³-hybridized carbons (Fsp3) is 0.333. The van der Waals surface area contributed by atoms with Crippen LogP contribution in [-0.2, 0) is 6.54 Å². The molecule has 1 rings (SSSR count). The maximum atomic E-state index is 11.8. The Hall–Kier alpha value is -1.12. The van der Waals surface area contributed by atoms with Gasteiger partial charge in [0.05, 0.1) is 6.54 Å². The number of alkyl halides is 3. The lowest BCUT2D eigenvalue weighted by Gasteiger charge is -2.12. The number of hydrogen-bond acceptors (Lipinski definition) is 2. The number of benzene rings is 1. The first-order valence-corrected chi connectivity index (χ1v) is 5.74. The molecular weight excluding hydrogens is 247 g/mol. The van der Waals surface area contributed by atoms with Crippen molar-refractivity contribution in [2.24, 2.45) is 0 Å². The Kier molecular flexibility index (Phi) is 5.39. The molecule has 0 amide bonds. The van der Waals surface area contributed by atoms with Crippen molar-refractivity contribution in [3.05, 3.63) is 35.9 Å². The zero-order chi connectivity index (χ0) is 12.7. The van der Waals surface area contributed by atoms with Crippen LogP contribution in [0.1, 0.15) is 5.56 Å². The molecule has 0 unspecified atom stereocenters. The van der Waals surface area contributed by atoms with Gasteiger partial charge in [-0.15, -0.1) is 0 Å². The van der Waals surface area contributed by atoms with Crippen LogP contribution in [0.3, 0.4) is 0 Å². The first kappa shape index (κ1) is 13.9. The van der Waals surface area contributed by atoms with Gasteiger partial charge >= 0.3 is 5.51 Å². The number of rotatable bonds is 3. The average molecular weight is 259 g/mol. The molecule has 0 radical (unpaired) electrons. The van der Waals surface area contributed by atoms with Crippen LogP contribution in [0, 0.1) is 11.2 Å². The topological polar surface area (TPSA) is 3.24 Å². The minimum Gasteiger partial charge on any atom is -0.291 e. The molecule has 0 saturated carbocycles. The molecule has 1 aromatic carbocycles. The molecule has 0 fully saturated rings. The Bertz CT molecular complexity index is 392. The molecule has 0 spiro atoms. The molecule has 17 heavy (non-hydrogen) atoms. The van der Waals surface area contributed by atoms with Crippen molar-refractivity contribution in [1.82, 2.24) is 4.90 Å². The van der Waals surface area contributed by atoms with E-state index in [9.17, 15) is 13.2 Å². The van der Waals surface area contributed by atoms with Gasteiger partial charge in [-0.1, -0.05) is 36.3 Å². The molecule has 0 atom stereocenters. The van der Waals surface area contributed by atoms with Gasteiger partial charge in [-0.3, -0.25) is 4.90 Å². The van der Waals surface area contributed by atoms with Crippen LogP contribution in [0.15, 0.2) is 30.3 Å². The Morgan fingerprint density at radius 1 is 1.24 bits per heavy atom. The Morgan fingerprint density at radius 2 is 1.88 bits per heavy atom. The average Bonchev–Trinajstić information content (AvgIpc) is 2.25. The second-order valence-electron chi connectivity index (χ2n) is 3.48. The van der Waals surface area contributed by atoms with E-state index in [0.29, 0.717) is 13.1 Å². The summed E-state index contributed by atoms with van der Waals surface area (Å²) in [4.78, 5) is 1.86. The van der Waals surface area contributed by atoms with Crippen molar-refractivity contribution >= 4 is 11.8 Å². The van der Waals surface area contributed by atoms with Gasteiger partial charge in [-0.25, -0.2) is 0 Å². The molecule has 0 aromatic heterocycles. The third kappa shape index (κ3) is 6.93. The summed E-state index contributed by atoms with van der Waals surface area (Å²) >= 11 is -0.306. The molecule has 1 nitrogen and oxygen atoms in total. The van der Waals surface area contributed by atoms with E-state index in [1.807, 2.05) is 47.5 Å². The standard InChI is InChI=1S/C12H12F3NS/c1-16(8-5-9-17-12(13,14)15)10-11-6-3-2-4-7-11/h2-4,6-7H,8,10H2,1H3.